The van der Waals surface area contributed by atoms with Crippen LogP contribution < -0.4 is 0 Å². The van der Waals surface area contributed by atoms with Gasteiger partial charge in [0.2, 0.25) is 0 Å². The lowest BCUT2D eigenvalue weighted by molar-refractivity contribution is -0.0379. The van der Waals surface area contributed by atoms with Crippen molar-refractivity contribution >= 4 is 6.08 Å². The van der Waals surface area contributed by atoms with Crippen molar-refractivity contribution < 1.29 is 9.47 Å². The summed E-state index contributed by atoms with van der Waals surface area (Å²) in [5.41, 5.74) is 1.76. The van der Waals surface area contributed by atoms with Crippen molar-refractivity contribution in [2.75, 3.05) is 13.2 Å². The van der Waals surface area contributed by atoms with Gasteiger partial charge in [0.15, 0.2) is 6.29 Å². The Morgan fingerprint density at radius 3 is 2.56 bits per heavy atom. The summed E-state index contributed by atoms with van der Waals surface area (Å²) in [6, 6.07) is 9.55. The van der Waals surface area contributed by atoms with Crippen molar-refractivity contribution in [3.05, 3.63) is 41.5 Å². The molecule has 0 unspecified atom stereocenters. The van der Waals surface area contributed by atoms with E-state index in [9.17, 15) is 0 Å². The minimum absolute atomic E-state index is 0.0883. The van der Waals surface area contributed by atoms with Crippen LogP contribution in [0.2, 0.25) is 0 Å². The average Bonchev–Trinajstić information content (AvgIpc) is 2.83. The zero-order valence-electron chi connectivity index (χ0n) is 8.93. The summed E-state index contributed by atoms with van der Waals surface area (Å²) in [4.78, 5) is 0. The van der Waals surface area contributed by atoms with Gasteiger partial charge in [-0.3, -0.25) is 0 Å². The summed E-state index contributed by atoms with van der Waals surface area (Å²) < 4.78 is 10.6. The number of benzene rings is 1. The van der Waals surface area contributed by atoms with E-state index in [2.05, 4.69) is 6.07 Å². The second-order valence-electron chi connectivity index (χ2n) is 3.54. The van der Waals surface area contributed by atoms with Gasteiger partial charge in [0.05, 0.1) is 24.8 Å². The maximum atomic E-state index is 8.65. The first-order valence-electron chi connectivity index (χ1n) is 5.28. The van der Waals surface area contributed by atoms with E-state index in [1.807, 2.05) is 36.4 Å². The Hall–Kier alpha value is -1.63. The first-order chi connectivity index (χ1) is 7.88. The predicted octanol–water partition coefficient (Wildman–Crippen LogP) is 2.33. The molecule has 3 heteroatoms. The Labute approximate surface area is 94.9 Å². The molecule has 1 aliphatic heterocycles. The standard InChI is InChI=1S/C13H13NO2/c14-10-12-6-4-11(5-7-12)2-1-3-13-15-8-9-16-13/h1-2,4-7,13H,3,8-9H2. The molecule has 1 fully saturated rings. The fourth-order valence-electron chi connectivity index (χ4n) is 1.53. The van der Waals surface area contributed by atoms with Crippen LogP contribution in [0.3, 0.4) is 0 Å². The van der Waals surface area contributed by atoms with Crippen LogP contribution in [0.25, 0.3) is 6.08 Å². The van der Waals surface area contributed by atoms with Crippen molar-refractivity contribution in [1.82, 2.24) is 0 Å². The van der Waals surface area contributed by atoms with Gasteiger partial charge in [-0.15, -0.1) is 0 Å². The second kappa shape index (κ2) is 5.45. The SMILES string of the molecule is N#Cc1ccc(C=CCC2OCCO2)cc1. The highest BCUT2D eigenvalue weighted by molar-refractivity contribution is 5.50. The van der Waals surface area contributed by atoms with Crippen LogP contribution >= 0.6 is 0 Å². The molecule has 3 nitrogen and oxygen atoms in total. The molecule has 0 saturated carbocycles. The van der Waals surface area contributed by atoms with E-state index < -0.39 is 0 Å². The van der Waals surface area contributed by atoms with Crippen LogP contribution in [0.1, 0.15) is 17.5 Å². The Balaban J connectivity index is 1.87. The molecule has 0 bridgehead atoms. The largest absolute Gasteiger partial charge is 0.350 e. The molecular weight excluding hydrogens is 202 g/mol. The summed E-state index contributed by atoms with van der Waals surface area (Å²) in [5, 5.41) is 8.65. The van der Waals surface area contributed by atoms with Crippen molar-refractivity contribution in [2.45, 2.75) is 12.7 Å². The maximum Gasteiger partial charge on any atom is 0.161 e. The summed E-state index contributed by atoms with van der Waals surface area (Å²) in [6.07, 6.45) is 4.71. The highest BCUT2D eigenvalue weighted by atomic mass is 16.7. The smallest absolute Gasteiger partial charge is 0.161 e. The van der Waals surface area contributed by atoms with Gasteiger partial charge in [0.25, 0.3) is 0 Å². The predicted molar refractivity (Wildman–Crippen MR) is 60.5 cm³/mol. The number of hydrogen-bond acceptors (Lipinski definition) is 3. The number of nitrogens with zero attached hydrogens (tertiary/aromatic N) is 1. The number of hydrogen-bond donors (Lipinski definition) is 0. The summed E-state index contributed by atoms with van der Waals surface area (Å²) >= 11 is 0. The van der Waals surface area contributed by atoms with Gasteiger partial charge in [-0.25, -0.2) is 0 Å². The molecule has 0 aromatic heterocycles. The van der Waals surface area contributed by atoms with Crippen LogP contribution in [-0.4, -0.2) is 19.5 Å². The van der Waals surface area contributed by atoms with Crippen LogP contribution in [-0.2, 0) is 9.47 Å². The molecular formula is C13H13NO2. The number of ether oxygens (including phenoxy) is 2. The Bertz CT molecular complexity index is 397. The van der Waals surface area contributed by atoms with Crippen LogP contribution in [0.4, 0.5) is 0 Å². The van der Waals surface area contributed by atoms with Gasteiger partial charge in [0, 0.05) is 6.42 Å². The molecule has 0 radical (unpaired) electrons. The highest BCUT2D eigenvalue weighted by Gasteiger charge is 2.13. The molecule has 1 aromatic carbocycles. The highest BCUT2D eigenvalue weighted by Crippen LogP contribution is 2.11. The van der Waals surface area contributed by atoms with E-state index in [-0.39, 0.29) is 6.29 Å². The molecule has 0 aliphatic carbocycles. The van der Waals surface area contributed by atoms with Gasteiger partial charge in [-0.1, -0.05) is 24.3 Å². The molecule has 2 rings (SSSR count). The third-order valence-corrected chi connectivity index (χ3v) is 2.37. The first kappa shape index (κ1) is 10.9. The van der Waals surface area contributed by atoms with Crippen molar-refractivity contribution in [3.63, 3.8) is 0 Å². The average molecular weight is 215 g/mol. The normalized spacial score (nSPS) is 16.7. The molecule has 1 saturated heterocycles. The van der Waals surface area contributed by atoms with E-state index in [0.717, 1.165) is 12.0 Å². The molecule has 1 aromatic rings. The van der Waals surface area contributed by atoms with E-state index >= 15 is 0 Å². The molecule has 82 valence electrons. The summed E-state index contributed by atoms with van der Waals surface area (Å²) in [6.45, 7) is 1.38. The Morgan fingerprint density at radius 2 is 1.94 bits per heavy atom. The lowest BCUT2D eigenvalue weighted by atomic mass is 10.1. The second-order valence-corrected chi connectivity index (χ2v) is 3.54. The zero-order valence-corrected chi connectivity index (χ0v) is 8.93. The van der Waals surface area contributed by atoms with Gasteiger partial charge < -0.3 is 9.47 Å². The van der Waals surface area contributed by atoms with E-state index in [1.165, 1.54) is 0 Å². The van der Waals surface area contributed by atoms with Crippen LogP contribution in [0, 0.1) is 11.3 Å². The van der Waals surface area contributed by atoms with Gasteiger partial charge >= 0.3 is 0 Å². The minimum atomic E-state index is -0.0883. The topological polar surface area (TPSA) is 42.2 Å². The molecule has 0 amide bonds. The van der Waals surface area contributed by atoms with Crippen molar-refractivity contribution in [2.24, 2.45) is 0 Å². The fourth-order valence-corrected chi connectivity index (χ4v) is 1.53. The summed E-state index contributed by atoms with van der Waals surface area (Å²) in [5.74, 6) is 0. The molecule has 1 aliphatic rings. The monoisotopic (exact) mass is 215 g/mol. The van der Waals surface area contributed by atoms with Crippen LogP contribution in [0.15, 0.2) is 30.3 Å². The van der Waals surface area contributed by atoms with Gasteiger partial charge in [0.1, 0.15) is 0 Å². The minimum Gasteiger partial charge on any atom is -0.350 e. The van der Waals surface area contributed by atoms with E-state index in [0.29, 0.717) is 18.8 Å². The van der Waals surface area contributed by atoms with E-state index in [4.69, 9.17) is 14.7 Å². The quantitative estimate of drug-likeness (QED) is 0.777. The Morgan fingerprint density at radius 1 is 1.25 bits per heavy atom. The molecule has 0 N–H and O–H groups in total. The lowest BCUT2D eigenvalue weighted by Gasteiger charge is -2.03. The molecule has 0 atom stereocenters. The zero-order chi connectivity index (χ0) is 11.2. The number of nitriles is 1. The number of rotatable bonds is 3. The van der Waals surface area contributed by atoms with Crippen molar-refractivity contribution in [1.29, 1.82) is 5.26 Å². The summed E-state index contributed by atoms with van der Waals surface area (Å²) in [7, 11) is 0. The first-order valence-corrected chi connectivity index (χ1v) is 5.28. The molecule has 16 heavy (non-hydrogen) atoms. The fraction of sp³-hybridized carbons (Fsp3) is 0.308. The molecule has 0 spiro atoms. The lowest BCUT2D eigenvalue weighted by Crippen LogP contribution is -2.04. The maximum absolute atomic E-state index is 8.65. The van der Waals surface area contributed by atoms with Crippen LogP contribution in [0.5, 0.6) is 0 Å². The van der Waals surface area contributed by atoms with Gasteiger partial charge in [-0.05, 0) is 17.7 Å². The molecule has 1 heterocycles. The third-order valence-electron chi connectivity index (χ3n) is 2.37. The van der Waals surface area contributed by atoms with Crippen molar-refractivity contribution in [3.8, 4) is 6.07 Å². The Kier molecular flexibility index (Phi) is 3.71. The van der Waals surface area contributed by atoms with E-state index in [1.54, 1.807) is 0 Å². The van der Waals surface area contributed by atoms with Gasteiger partial charge in [-0.2, -0.15) is 5.26 Å². The third kappa shape index (κ3) is 2.93.